The van der Waals surface area contributed by atoms with Gasteiger partial charge in [0.25, 0.3) is 0 Å². The minimum Gasteiger partial charge on any atom is -0.367 e. The molecule has 1 saturated heterocycles. The van der Waals surface area contributed by atoms with E-state index in [4.69, 9.17) is 4.74 Å². The molecule has 13 heavy (non-hydrogen) atoms. The molecule has 2 aliphatic rings. The summed E-state index contributed by atoms with van der Waals surface area (Å²) in [6, 6.07) is 0.492. The van der Waals surface area contributed by atoms with Gasteiger partial charge in [-0.05, 0) is 40.3 Å². The van der Waals surface area contributed by atoms with E-state index in [-0.39, 0.29) is 11.5 Å². The van der Waals surface area contributed by atoms with E-state index < -0.39 is 6.29 Å². The van der Waals surface area contributed by atoms with Crippen LogP contribution in [0.5, 0.6) is 0 Å². The second-order valence-corrected chi connectivity index (χ2v) is 4.75. The lowest BCUT2D eigenvalue weighted by Crippen LogP contribution is -2.51. The Hall–Kier alpha value is -0.120. The normalized spacial score (nSPS) is 42.7. The first-order valence-electron chi connectivity index (χ1n) is 5.06. The summed E-state index contributed by atoms with van der Waals surface area (Å²) in [5, 5.41) is 9.84. The average molecular weight is 185 g/mol. The molecule has 1 aliphatic heterocycles. The van der Waals surface area contributed by atoms with E-state index in [1.165, 1.54) is 0 Å². The molecule has 1 saturated carbocycles. The molecule has 1 spiro atoms. The highest BCUT2D eigenvalue weighted by Crippen LogP contribution is 2.56. The molecule has 1 N–H and O–H groups in total. The second-order valence-electron chi connectivity index (χ2n) is 4.75. The molecular formula is C10H19NO2. The van der Waals surface area contributed by atoms with Crippen molar-refractivity contribution in [2.75, 3.05) is 14.1 Å². The van der Waals surface area contributed by atoms with Crippen molar-refractivity contribution < 1.29 is 9.84 Å². The Labute approximate surface area is 79.7 Å². The smallest absolute Gasteiger partial charge is 0.162 e. The highest BCUT2D eigenvalue weighted by molar-refractivity contribution is 5.06. The average Bonchev–Trinajstić information content (AvgIpc) is 2.78. The van der Waals surface area contributed by atoms with Gasteiger partial charge in [0, 0.05) is 11.5 Å². The van der Waals surface area contributed by atoms with Gasteiger partial charge in [-0.15, -0.1) is 0 Å². The zero-order chi connectivity index (χ0) is 9.64. The Morgan fingerprint density at radius 1 is 1.38 bits per heavy atom. The van der Waals surface area contributed by atoms with Crippen molar-refractivity contribution in [1.29, 1.82) is 0 Å². The van der Waals surface area contributed by atoms with Gasteiger partial charge < -0.3 is 14.7 Å². The maximum absolute atomic E-state index is 9.84. The van der Waals surface area contributed by atoms with Crippen LogP contribution in [0.4, 0.5) is 0 Å². The molecular weight excluding hydrogens is 166 g/mol. The summed E-state index contributed by atoms with van der Waals surface area (Å²) in [4.78, 5) is 2.23. The van der Waals surface area contributed by atoms with Gasteiger partial charge in [-0.1, -0.05) is 0 Å². The molecule has 0 aromatic rings. The monoisotopic (exact) mass is 185 g/mol. The van der Waals surface area contributed by atoms with Crippen molar-refractivity contribution in [2.45, 2.75) is 44.6 Å². The van der Waals surface area contributed by atoms with E-state index >= 15 is 0 Å². The van der Waals surface area contributed by atoms with Crippen LogP contribution < -0.4 is 0 Å². The van der Waals surface area contributed by atoms with Gasteiger partial charge >= 0.3 is 0 Å². The predicted molar refractivity (Wildman–Crippen MR) is 50.3 cm³/mol. The Balaban J connectivity index is 2.14. The Morgan fingerprint density at radius 2 is 2.00 bits per heavy atom. The number of hydrogen-bond donors (Lipinski definition) is 1. The molecule has 0 aromatic heterocycles. The van der Waals surface area contributed by atoms with Crippen LogP contribution in [0, 0.1) is 5.41 Å². The van der Waals surface area contributed by atoms with Crippen LogP contribution in [-0.2, 0) is 4.74 Å². The maximum atomic E-state index is 9.84. The van der Waals surface area contributed by atoms with E-state index in [1.54, 1.807) is 0 Å². The topological polar surface area (TPSA) is 32.7 Å². The summed E-state index contributed by atoms with van der Waals surface area (Å²) in [5.41, 5.74) is 0.0655. The van der Waals surface area contributed by atoms with E-state index in [0.717, 1.165) is 19.3 Å². The number of hydrogen-bond acceptors (Lipinski definition) is 3. The van der Waals surface area contributed by atoms with Crippen molar-refractivity contribution in [3.05, 3.63) is 0 Å². The molecule has 2 fully saturated rings. The number of rotatable bonds is 1. The summed E-state index contributed by atoms with van der Waals surface area (Å²) < 4.78 is 5.47. The minimum absolute atomic E-state index is 0.0655. The fraction of sp³-hybridized carbons (Fsp3) is 1.00. The Bertz CT molecular complexity index is 201. The molecule has 0 aromatic carbocycles. The number of ether oxygens (including phenoxy) is 1. The molecule has 2 rings (SSSR count). The summed E-state index contributed by atoms with van der Waals surface area (Å²) in [6.07, 6.45) is 2.93. The van der Waals surface area contributed by atoms with Crippen molar-refractivity contribution >= 4 is 0 Å². The molecule has 3 atom stereocenters. The fourth-order valence-corrected chi connectivity index (χ4v) is 2.57. The van der Waals surface area contributed by atoms with Crippen molar-refractivity contribution in [2.24, 2.45) is 5.41 Å². The van der Waals surface area contributed by atoms with Crippen LogP contribution in [-0.4, -0.2) is 42.5 Å². The van der Waals surface area contributed by atoms with Gasteiger partial charge in [0.05, 0.1) is 6.10 Å². The Morgan fingerprint density at radius 3 is 2.46 bits per heavy atom. The van der Waals surface area contributed by atoms with Crippen LogP contribution in [0.1, 0.15) is 26.2 Å². The maximum Gasteiger partial charge on any atom is 0.162 e. The lowest BCUT2D eigenvalue weighted by Gasteiger charge is -2.42. The largest absolute Gasteiger partial charge is 0.367 e. The second kappa shape index (κ2) is 2.94. The van der Waals surface area contributed by atoms with Crippen molar-refractivity contribution in [3.63, 3.8) is 0 Å². The molecule has 0 bridgehead atoms. The van der Waals surface area contributed by atoms with Crippen LogP contribution in [0.3, 0.4) is 0 Å². The number of aliphatic hydroxyl groups excluding tert-OH is 1. The van der Waals surface area contributed by atoms with Gasteiger partial charge in [0.1, 0.15) is 0 Å². The van der Waals surface area contributed by atoms with Gasteiger partial charge in [-0.25, -0.2) is 0 Å². The molecule has 76 valence electrons. The molecule has 0 radical (unpaired) electrons. The lowest BCUT2D eigenvalue weighted by atomic mass is 9.87. The third-order valence-corrected chi connectivity index (χ3v) is 3.52. The Kier molecular flexibility index (Phi) is 2.13. The van der Waals surface area contributed by atoms with Gasteiger partial charge in [-0.3, -0.25) is 0 Å². The van der Waals surface area contributed by atoms with Crippen LogP contribution >= 0.6 is 0 Å². The van der Waals surface area contributed by atoms with E-state index in [1.807, 2.05) is 6.92 Å². The first-order valence-corrected chi connectivity index (χ1v) is 5.06. The summed E-state index contributed by atoms with van der Waals surface area (Å²) >= 11 is 0. The minimum atomic E-state index is -0.538. The quantitative estimate of drug-likeness (QED) is 0.656. The highest BCUT2D eigenvalue weighted by atomic mass is 16.6. The zero-order valence-electron chi connectivity index (χ0n) is 8.66. The SMILES string of the molecule is C[C@@H]1CC(N(C)C)C2(CC2)[C@H](O)O1. The van der Waals surface area contributed by atoms with E-state index in [0.29, 0.717) is 6.04 Å². The van der Waals surface area contributed by atoms with Gasteiger partial charge in [0.15, 0.2) is 6.29 Å². The van der Waals surface area contributed by atoms with E-state index in [9.17, 15) is 5.11 Å². The van der Waals surface area contributed by atoms with Gasteiger partial charge in [-0.2, -0.15) is 0 Å². The molecule has 1 heterocycles. The van der Waals surface area contributed by atoms with Crippen molar-refractivity contribution in [1.82, 2.24) is 4.90 Å². The molecule has 0 amide bonds. The molecule has 3 nitrogen and oxygen atoms in total. The highest BCUT2D eigenvalue weighted by Gasteiger charge is 2.59. The molecule has 3 heteroatoms. The summed E-state index contributed by atoms with van der Waals surface area (Å²) in [6.45, 7) is 2.04. The molecule has 1 unspecified atom stereocenters. The standard InChI is InChI=1S/C10H19NO2/c1-7-6-8(11(2)3)10(4-5-10)9(12)13-7/h7-9,12H,4-6H2,1-3H3/t7-,8?,9-/m1/s1. The lowest BCUT2D eigenvalue weighted by molar-refractivity contribution is -0.217. The van der Waals surface area contributed by atoms with E-state index in [2.05, 4.69) is 19.0 Å². The first-order chi connectivity index (χ1) is 6.06. The summed E-state index contributed by atoms with van der Waals surface area (Å²) in [7, 11) is 4.19. The van der Waals surface area contributed by atoms with Crippen LogP contribution in [0.25, 0.3) is 0 Å². The van der Waals surface area contributed by atoms with Crippen molar-refractivity contribution in [3.8, 4) is 0 Å². The number of aliphatic hydroxyl groups is 1. The predicted octanol–water partition coefficient (Wildman–Crippen LogP) is 0.824. The first kappa shape index (κ1) is 9.44. The third kappa shape index (κ3) is 1.39. The fourth-order valence-electron chi connectivity index (χ4n) is 2.57. The third-order valence-electron chi connectivity index (χ3n) is 3.52. The van der Waals surface area contributed by atoms with Crippen LogP contribution in [0.15, 0.2) is 0 Å². The van der Waals surface area contributed by atoms with Gasteiger partial charge in [0.2, 0.25) is 0 Å². The van der Waals surface area contributed by atoms with Crippen LogP contribution in [0.2, 0.25) is 0 Å². The number of nitrogens with zero attached hydrogens (tertiary/aromatic N) is 1. The summed E-state index contributed by atoms with van der Waals surface area (Å²) in [5.74, 6) is 0. The molecule has 1 aliphatic carbocycles. The zero-order valence-corrected chi connectivity index (χ0v) is 8.66.